The summed E-state index contributed by atoms with van der Waals surface area (Å²) in [6.45, 7) is 9.08. The second kappa shape index (κ2) is 5.64. The van der Waals surface area contributed by atoms with E-state index in [1.165, 1.54) is 36.6 Å². The van der Waals surface area contributed by atoms with Crippen molar-refractivity contribution in [2.75, 3.05) is 18.8 Å². The zero-order chi connectivity index (χ0) is 12.3. The Labute approximate surface area is 110 Å². The van der Waals surface area contributed by atoms with E-state index in [1.807, 2.05) is 11.8 Å². The lowest BCUT2D eigenvalue weighted by atomic mass is 9.83. The molecule has 0 spiro atoms. The number of thioether (sulfide) groups is 1. The first-order chi connectivity index (χ1) is 8.05. The van der Waals surface area contributed by atoms with Crippen LogP contribution in [-0.2, 0) is 0 Å². The largest absolute Gasteiger partial charge is 0.365 e. The molecule has 2 aliphatic rings. The first-order valence-corrected chi connectivity index (χ1v) is 7.95. The number of hydrogen-bond donors (Lipinski definition) is 1. The highest BCUT2D eigenvalue weighted by Crippen LogP contribution is 2.29. The molecule has 0 aromatic rings. The van der Waals surface area contributed by atoms with E-state index in [2.05, 4.69) is 31.1 Å². The summed E-state index contributed by atoms with van der Waals surface area (Å²) < 4.78 is 0. The monoisotopic (exact) mass is 254 g/mol. The van der Waals surface area contributed by atoms with Gasteiger partial charge in [-0.05, 0) is 30.1 Å². The van der Waals surface area contributed by atoms with Crippen molar-refractivity contribution in [3.8, 4) is 0 Å². The molecule has 0 saturated heterocycles. The molecule has 1 saturated carbocycles. The fraction of sp³-hybridized carbons (Fsp3) is 0.929. The Kier molecular flexibility index (Phi) is 4.40. The molecule has 0 aromatic heterocycles. The molecule has 17 heavy (non-hydrogen) atoms. The predicted octanol–water partition coefficient (Wildman–Crippen LogP) is 3.53. The van der Waals surface area contributed by atoms with Gasteiger partial charge in [-0.15, -0.1) is 0 Å². The van der Waals surface area contributed by atoms with Crippen molar-refractivity contribution in [3.05, 3.63) is 0 Å². The van der Waals surface area contributed by atoms with Gasteiger partial charge in [-0.25, -0.2) is 0 Å². The molecule has 1 N–H and O–H groups in total. The quantitative estimate of drug-likeness (QED) is 0.815. The lowest BCUT2D eigenvalue weighted by Gasteiger charge is -2.30. The van der Waals surface area contributed by atoms with Crippen LogP contribution in [0.5, 0.6) is 0 Å². The summed E-state index contributed by atoms with van der Waals surface area (Å²) in [5.74, 6) is 3.03. The van der Waals surface area contributed by atoms with Gasteiger partial charge in [0.25, 0.3) is 0 Å². The van der Waals surface area contributed by atoms with Gasteiger partial charge in [0.15, 0.2) is 5.17 Å². The zero-order valence-electron chi connectivity index (χ0n) is 11.5. The summed E-state index contributed by atoms with van der Waals surface area (Å²) in [5, 5.41) is 4.74. The topological polar surface area (TPSA) is 24.4 Å². The zero-order valence-corrected chi connectivity index (χ0v) is 12.3. The molecule has 1 fully saturated rings. The minimum absolute atomic E-state index is 0.385. The van der Waals surface area contributed by atoms with Crippen LogP contribution < -0.4 is 5.32 Å². The van der Waals surface area contributed by atoms with Crippen molar-refractivity contribution in [2.45, 2.75) is 46.5 Å². The van der Waals surface area contributed by atoms with Gasteiger partial charge in [0, 0.05) is 18.8 Å². The van der Waals surface area contributed by atoms with Crippen molar-refractivity contribution < 1.29 is 0 Å². The maximum Gasteiger partial charge on any atom is 0.156 e. The molecule has 0 aromatic carbocycles. The summed E-state index contributed by atoms with van der Waals surface area (Å²) in [7, 11) is 0. The lowest BCUT2D eigenvalue weighted by molar-refractivity contribution is 0.290. The number of nitrogens with zero attached hydrogens (tertiary/aromatic N) is 1. The molecule has 1 heterocycles. The number of hydrogen-bond acceptors (Lipinski definition) is 3. The van der Waals surface area contributed by atoms with Gasteiger partial charge in [0.05, 0.1) is 0 Å². The van der Waals surface area contributed by atoms with E-state index in [0.29, 0.717) is 5.41 Å². The Bertz CT molecular complexity index is 278. The number of nitrogens with one attached hydrogen (secondary N) is 1. The molecule has 1 aliphatic heterocycles. The van der Waals surface area contributed by atoms with Gasteiger partial charge in [0.1, 0.15) is 0 Å². The molecule has 2 rings (SSSR count). The third kappa shape index (κ3) is 4.20. The number of rotatable bonds is 2. The van der Waals surface area contributed by atoms with Crippen molar-refractivity contribution >= 4 is 16.9 Å². The first-order valence-electron chi connectivity index (χ1n) is 6.96. The first kappa shape index (κ1) is 13.3. The third-order valence-corrected chi connectivity index (χ3v) is 5.40. The Morgan fingerprint density at radius 2 is 2.00 bits per heavy atom. The molecule has 0 bridgehead atoms. The Morgan fingerprint density at radius 1 is 1.29 bits per heavy atom. The normalized spacial score (nSPS) is 33.0. The Balaban J connectivity index is 1.70. The van der Waals surface area contributed by atoms with E-state index in [-0.39, 0.29) is 0 Å². The molecule has 0 radical (unpaired) electrons. The average molecular weight is 254 g/mol. The summed E-state index contributed by atoms with van der Waals surface area (Å²) in [6, 6.07) is 0. The van der Waals surface area contributed by atoms with Crippen LogP contribution in [0.3, 0.4) is 0 Å². The van der Waals surface area contributed by atoms with Gasteiger partial charge in [0.2, 0.25) is 0 Å². The van der Waals surface area contributed by atoms with E-state index in [4.69, 9.17) is 0 Å². The Hall–Kier alpha value is -0.180. The minimum Gasteiger partial charge on any atom is -0.365 e. The predicted molar refractivity (Wildman–Crippen MR) is 77.7 cm³/mol. The van der Waals surface area contributed by atoms with Gasteiger partial charge < -0.3 is 5.32 Å². The van der Waals surface area contributed by atoms with Crippen molar-refractivity contribution in [2.24, 2.45) is 22.2 Å². The van der Waals surface area contributed by atoms with E-state index in [0.717, 1.165) is 24.9 Å². The maximum atomic E-state index is 4.65. The molecule has 0 unspecified atom stereocenters. The van der Waals surface area contributed by atoms with Crippen LogP contribution in [0.25, 0.3) is 0 Å². The SMILES string of the molecule is CC1CCC(CNC2=NCC(C)(C)CS2)CC1. The maximum absolute atomic E-state index is 4.65. The highest BCUT2D eigenvalue weighted by molar-refractivity contribution is 8.13. The second-order valence-electron chi connectivity index (χ2n) is 6.58. The summed E-state index contributed by atoms with van der Waals surface area (Å²) >= 11 is 1.90. The van der Waals surface area contributed by atoms with E-state index >= 15 is 0 Å². The fourth-order valence-electron chi connectivity index (χ4n) is 2.51. The van der Waals surface area contributed by atoms with Crippen LogP contribution in [0.2, 0.25) is 0 Å². The van der Waals surface area contributed by atoms with Gasteiger partial charge in [-0.3, -0.25) is 4.99 Å². The van der Waals surface area contributed by atoms with Crippen molar-refractivity contribution in [3.63, 3.8) is 0 Å². The molecule has 1 aliphatic carbocycles. The minimum atomic E-state index is 0.385. The van der Waals surface area contributed by atoms with Gasteiger partial charge >= 0.3 is 0 Å². The van der Waals surface area contributed by atoms with Crippen LogP contribution in [0, 0.1) is 17.3 Å². The molecule has 98 valence electrons. The highest BCUT2D eigenvalue weighted by atomic mass is 32.2. The van der Waals surface area contributed by atoms with Gasteiger partial charge in [-0.2, -0.15) is 0 Å². The number of aliphatic imine (C=N–C) groups is 1. The van der Waals surface area contributed by atoms with Crippen molar-refractivity contribution in [1.29, 1.82) is 0 Å². The molecule has 2 nitrogen and oxygen atoms in total. The lowest BCUT2D eigenvalue weighted by Crippen LogP contribution is -2.34. The summed E-state index contributed by atoms with van der Waals surface area (Å²) in [4.78, 5) is 4.65. The van der Waals surface area contributed by atoms with Crippen LogP contribution >= 0.6 is 11.8 Å². The van der Waals surface area contributed by atoms with Crippen LogP contribution in [0.4, 0.5) is 0 Å². The average Bonchev–Trinajstić information content (AvgIpc) is 2.30. The van der Waals surface area contributed by atoms with E-state index in [9.17, 15) is 0 Å². The molecule has 3 heteroatoms. The Morgan fingerprint density at radius 3 is 2.59 bits per heavy atom. The van der Waals surface area contributed by atoms with E-state index in [1.54, 1.807) is 0 Å². The van der Waals surface area contributed by atoms with Crippen LogP contribution in [0.15, 0.2) is 4.99 Å². The molecular formula is C14H26N2S. The standard InChI is InChI=1S/C14H26N2S/c1-11-4-6-12(7-5-11)8-15-13-16-9-14(2,3)10-17-13/h11-12H,4-10H2,1-3H3,(H,15,16). The van der Waals surface area contributed by atoms with Crippen molar-refractivity contribution in [1.82, 2.24) is 5.32 Å². The molecule has 0 atom stereocenters. The number of amidine groups is 1. The molecule has 0 amide bonds. The van der Waals surface area contributed by atoms with E-state index < -0.39 is 0 Å². The summed E-state index contributed by atoms with van der Waals surface area (Å²) in [6.07, 6.45) is 5.63. The smallest absolute Gasteiger partial charge is 0.156 e. The fourth-order valence-corrected chi connectivity index (χ4v) is 3.47. The highest BCUT2D eigenvalue weighted by Gasteiger charge is 2.24. The second-order valence-corrected chi connectivity index (χ2v) is 7.55. The summed E-state index contributed by atoms with van der Waals surface area (Å²) in [5.41, 5.74) is 0.385. The third-order valence-electron chi connectivity index (χ3n) is 3.93. The van der Waals surface area contributed by atoms with Crippen LogP contribution in [0.1, 0.15) is 46.5 Å². The van der Waals surface area contributed by atoms with Crippen LogP contribution in [-0.4, -0.2) is 24.0 Å². The van der Waals surface area contributed by atoms with Gasteiger partial charge in [-0.1, -0.05) is 45.4 Å². The molecular weight excluding hydrogens is 228 g/mol.